The van der Waals surface area contributed by atoms with E-state index >= 15 is 0 Å². The minimum Gasteiger partial charge on any atom is -0.391 e. The number of pyridine rings is 1. The molecular formula is C20H20N6O3. The Morgan fingerprint density at radius 1 is 1.28 bits per heavy atom. The molecule has 0 aliphatic carbocycles. The second-order valence-corrected chi connectivity index (χ2v) is 7.00. The Morgan fingerprint density at radius 2 is 2.17 bits per heavy atom. The van der Waals surface area contributed by atoms with Crippen LogP contribution in [0.5, 0.6) is 0 Å². The van der Waals surface area contributed by atoms with Crippen LogP contribution >= 0.6 is 0 Å². The standard InChI is InChI=1S/C20H20N6O3/c1-24-17-7-3-2-5-14(17)11-18(24)20(27)25-9-10-28-15(12-25)13-29-26-19-16(22-23-26)6-4-8-21-19/h2-8,11,15H,9-10,12-13H2,1H3. The molecule has 5 rings (SSSR count). The molecule has 0 bridgehead atoms. The first-order valence-corrected chi connectivity index (χ1v) is 9.46. The lowest BCUT2D eigenvalue weighted by Crippen LogP contribution is -2.48. The zero-order chi connectivity index (χ0) is 19.8. The Labute approximate surface area is 166 Å². The van der Waals surface area contributed by atoms with Crippen molar-refractivity contribution in [2.75, 3.05) is 26.3 Å². The van der Waals surface area contributed by atoms with Crippen LogP contribution in [0.2, 0.25) is 0 Å². The number of benzene rings is 1. The summed E-state index contributed by atoms with van der Waals surface area (Å²) in [7, 11) is 1.92. The van der Waals surface area contributed by atoms with Crippen LogP contribution in [0.25, 0.3) is 22.1 Å². The molecule has 0 N–H and O–H groups in total. The molecule has 4 aromatic rings. The Kier molecular flexibility index (Phi) is 4.36. The number of hydrogen-bond acceptors (Lipinski definition) is 6. The van der Waals surface area contributed by atoms with Gasteiger partial charge in [-0.1, -0.05) is 23.0 Å². The van der Waals surface area contributed by atoms with Crippen LogP contribution in [0.15, 0.2) is 48.7 Å². The van der Waals surface area contributed by atoms with Crippen molar-refractivity contribution >= 4 is 28.0 Å². The van der Waals surface area contributed by atoms with Crippen LogP contribution in [-0.4, -0.2) is 67.9 Å². The van der Waals surface area contributed by atoms with E-state index in [1.807, 2.05) is 52.9 Å². The SMILES string of the molecule is Cn1c(C(=O)N2CCOC(COn3nnc4cccnc43)C2)cc2ccccc21. The summed E-state index contributed by atoms with van der Waals surface area (Å²) >= 11 is 0. The van der Waals surface area contributed by atoms with E-state index < -0.39 is 0 Å². The van der Waals surface area contributed by atoms with E-state index in [-0.39, 0.29) is 18.6 Å². The number of para-hydroxylation sites is 1. The van der Waals surface area contributed by atoms with E-state index in [0.29, 0.717) is 36.6 Å². The van der Waals surface area contributed by atoms with Gasteiger partial charge in [-0.15, -0.1) is 5.10 Å². The van der Waals surface area contributed by atoms with Crippen molar-refractivity contribution in [3.8, 4) is 0 Å². The number of amides is 1. The van der Waals surface area contributed by atoms with Gasteiger partial charge in [-0.25, -0.2) is 4.98 Å². The molecule has 1 aliphatic heterocycles. The number of carbonyl (C=O) groups excluding carboxylic acids is 1. The van der Waals surface area contributed by atoms with Gasteiger partial charge in [-0.3, -0.25) is 4.79 Å². The Bertz CT molecular complexity index is 1180. The second-order valence-electron chi connectivity index (χ2n) is 7.00. The molecule has 4 heterocycles. The van der Waals surface area contributed by atoms with Gasteiger partial charge in [0.25, 0.3) is 5.91 Å². The third-order valence-corrected chi connectivity index (χ3v) is 5.16. The van der Waals surface area contributed by atoms with Crippen LogP contribution in [0.3, 0.4) is 0 Å². The van der Waals surface area contributed by atoms with Crippen LogP contribution in [0.1, 0.15) is 10.5 Å². The van der Waals surface area contributed by atoms with Gasteiger partial charge >= 0.3 is 0 Å². The number of aryl methyl sites for hydroxylation is 1. The molecule has 1 atom stereocenters. The van der Waals surface area contributed by atoms with Gasteiger partial charge in [-0.05, 0) is 29.5 Å². The molecule has 1 amide bonds. The lowest BCUT2D eigenvalue weighted by atomic mass is 10.2. The van der Waals surface area contributed by atoms with E-state index in [2.05, 4.69) is 15.3 Å². The molecule has 0 spiro atoms. The molecule has 1 aromatic carbocycles. The first kappa shape index (κ1) is 17.6. The van der Waals surface area contributed by atoms with Gasteiger partial charge < -0.3 is 19.0 Å². The molecule has 9 nitrogen and oxygen atoms in total. The first-order chi connectivity index (χ1) is 14.2. The number of aromatic nitrogens is 5. The summed E-state index contributed by atoms with van der Waals surface area (Å²) in [4.78, 5) is 26.2. The molecule has 148 valence electrons. The molecule has 1 fully saturated rings. The summed E-state index contributed by atoms with van der Waals surface area (Å²) in [6.45, 7) is 1.69. The average molecular weight is 392 g/mol. The summed E-state index contributed by atoms with van der Waals surface area (Å²) < 4.78 is 7.72. The van der Waals surface area contributed by atoms with Gasteiger partial charge in [-0.2, -0.15) is 0 Å². The van der Waals surface area contributed by atoms with Gasteiger partial charge in [0, 0.05) is 30.7 Å². The molecule has 29 heavy (non-hydrogen) atoms. The maximum absolute atomic E-state index is 13.1. The van der Waals surface area contributed by atoms with E-state index in [1.54, 1.807) is 12.3 Å². The Balaban J connectivity index is 1.28. The highest BCUT2D eigenvalue weighted by molar-refractivity contribution is 5.98. The maximum Gasteiger partial charge on any atom is 0.270 e. The molecular weight excluding hydrogens is 372 g/mol. The van der Waals surface area contributed by atoms with Gasteiger partial charge in [0.1, 0.15) is 23.9 Å². The number of ether oxygens (including phenoxy) is 1. The van der Waals surface area contributed by atoms with E-state index in [9.17, 15) is 4.79 Å². The zero-order valence-corrected chi connectivity index (χ0v) is 15.9. The minimum absolute atomic E-state index is 0.00938. The summed E-state index contributed by atoms with van der Waals surface area (Å²) in [5.41, 5.74) is 2.91. The molecule has 9 heteroatoms. The number of carbonyl (C=O) groups is 1. The van der Waals surface area contributed by atoms with Crippen molar-refractivity contribution in [2.24, 2.45) is 7.05 Å². The van der Waals surface area contributed by atoms with Crippen molar-refractivity contribution < 1.29 is 14.4 Å². The predicted molar refractivity (Wildman–Crippen MR) is 105 cm³/mol. The molecule has 3 aromatic heterocycles. The highest BCUT2D eigenvalue weighted by Crippen LogP contribution is 2.20. The van der Waals surface area contributed by atoms with Crippen molar-refractivity contribution in [3.63, 3.8) is 0 Å². The fraction of sp³-hybridized carbons (Fsp3) is 0.300. The predicted octanol–water partition coefficient (Wildman–Crippen LogP) is 1.29. The van der Waals surface area contributed by atoms with E-state index in [1.165, 1.54) is 4.85 Å². The summed E-state index contributed by atoms with van der Waals surface area (Å²) in [5.74, 6) is -0.00938. The van der Waals surface area contributed by atoms with Crippen molar-refractivity contribution in [2.45, 2.75) is 6.10 Å². The Hall–Kier alpha value is -3.46. The van der Waals surface area contributed by atoms with Crippen LogP contribution in [0.4, 0.5) is 0 Å². The van der Waals surface area contributed by atoms with Gasteiger partial charge in [0.15, 0.2) is 0 Å². The van der Waals surface area contributed by atoms with Crippen LogP contribution in [0, 0.1) is 0 Å². The summed E-state index contributed by atoms with van der Waals surface area (Å²) in [6, 6.07) is 13.5. The summed E-state index contributed by atoms with van der Waals surface area (Å²) in [6.07, 6.45) is 1.40. The van der Waals surface area contributed by atoms with Crippen molar-refractivity contribution in [3.05, 3.63) is 54.4 Å². The Morgan fingerprint density at radius 3 is 3.07 bits per heavy atom. The van der Waals surface area contributed by atoms with Crippen LogP contribution < -0.4 is 4.84 Å². The van der Waals surface area contributed by atoms with E-state index in [4.69, 9.17) is 9.57 Å². The highest BCUT2D eigenvalue weighted by Gasteiger charge is 2.27. The molecule has 1 saturated heterocycles. The fourth-order valence-corrected chi connectivity index (χ4v) is 3.65. The first-order valence-electron chi connectivity index (χ1n) is 9.46. The number of rotatable bonds is 4. The molecule has 0 radical (unpaired) electrons. The fourth-order valence-electron chi connectivity index (χ4n) is 3.65. The quantitative estimate of drug-likeness (QED) is 0.520. The van der Waals surface area contributed by atoms with E-state index in [0.717, 1.165) is 10.9 Å². The maximum atomic E-state index is 13.1. The number of hydrogen-bond donors (Lipinski definition) is 0. The third kappa shape index (κ3) is 3.19. The largest absolute Gasteiger partial charge is 0.391 e. The normalized spacial score (nSPS) is 17.1. The minimum atomic E-state index is -0.259. The zero-order valence-electron chi connectivity index (χ0n) is 15.9. The smallest absolute Gasteiger partial charge is 0.270 e. The number of morpholine rings is 1. The van der Waals surface area contributed by atoms with Crippen molar-refractivity contribution in [1.82, 2.24) is 29.6 Å². The number of nitrogens with zero attached hydrogens (tertiary/aromatic N) is 6. The molecule has 1 aliphatic rings. The third-order valence-electron chi connectivity index (χ3n) is 5.16. The highest BCUT2D eigenvalue weighted by atomic mass is 16.7. The lowest BCUT2D eigenvalue weighted by molar-refractivity contribution is -0.0681. The van der Waals surface area contributed by atoms with Crippen molar-refractivity contribution in [1.29, 1.82) is 0 Å². The molecule has 0 saturated carbocycles. The van der Waals surface area contributed by atoms with Gasteiger partial charge in [0.2, 0.25) is 5.65 Å². The summed E-state index contributed by atoms with van der Waals surface area (Å²) in [5, 5.41) is 9.03. The molecule has 1 unspecified atom stereocenters. The number of fused-ring (bicyclic) bond motifs is 2. The van der Waals surface area contributed by atoms with Crippen LogP contribution in [-0.2, 0) is 11.8 Å². The second kappa shape index (κ2) is 7.17. The van der Waals surface area contributed by atoms with Gasteiger partial charge in [0.05, 0.1) is 13.2 Å². The average Bonchev–Trinajstić information content (AvgIpc) is 3.33. The lowest BCUT2D eigenvalue weighted by Gasteiger charge is -2.32. The topological polar surface area (TPSA) is 87.3 Å². The monoisotopic (exact) mass is 392 g/mol.